The molecule has 1 atom stereocenters. The van der Waals surface area contributed by atoms with Gasteiger partial charge in [-0.1, -0.05) is 24.2 Å². The average molecular weight is 424 g/mol. The number of piperidine rings is 1. The van der Waals surface area contributed by atoms with Crippen molar-refractivity contribution in [3.8, 4) is 11.5 Å². The summed E-state index contributed by atoms with van der Waals surface area (Å²) in [7, 11) is -3.49. The van der Waals surface area contributed by atoms with E-state index in [9.17, 15) is 8.42 Å². The van der Waals surface area contributed by atoms with Gasteiger partial charge < -0.3 is 9.15 Å². The van der Waals surface area contributed by atoms with Gasteiger partial charge in [0.05, 0.1) is 11.0 Å². The molecule has 152 valence electrons. The quantitative estimate of drug-likeness (QED) is 0.657. The zero-order valence-electron chi connectivity index (χ0n) is 15.7. The van der Waals surface area contributed by atoms with Gasteiger partial charge in [0.15, 0.2) is 0 Å². The number of thioether (sulfide) groups is 1. The van der Waals surface area contributed by atoms with Crippen molar-refractivity contribution in [2.45, 2.75) is 54.7 Å². The van der Waals surface area contributed by atoms with Gasteiger partial charge in [-0.15, -0.1) is 10.2 Å². The molecule has 1 aromatic heterocycles. The van der Waals surface area contributed by atoms with Crippen LogP contribution in [-0.2, 0) is 14.8 Å². The lowest BCUT2D eigenvalue weighted by Gasteiger charge is -2.25. The predicted octanol–water partition coefficient (Wildman–Crippen LogP) is 3.57. The van der Waals surface area contributed by atoms with Crippen molar-refractivity contribution in [1.82, 2.24) is 14.5 Å². The van der Waals surface area contributed by atoms with Crippen molar-refractivity contribution in [3.63, 3.8) is 0 Å². The Balaban J connectivity index is 1.46. The Labute approximate surface area is 169 Å². The Bertz CT molecular complexity index is 888. The minimum atomic E-state index is -3.49. The number of aromatic nitrogens is 2. The molecule has 2 fully saturated rings. The molecule has 0 saturated carbocycles. The average Bonchev–Trinajstić information content (AvgIpc) is 3.23. The highest BCUT2D eigenvalue weighted by Crippen LogP contribution is 2.28. The molecule has 0 aliphatic carbocycles. The molecule has 0 amide bonds. The Morgan fingerprint density at radius 1 is 1.11 bits per heavy atom. The highest BCUT2D eigenvalue weighted by Gasteiger charge is 2.26. The number of ether oxygens (including phenoxy) is 1. The van der Waals surface area contributed by atoms with Gasteiger partial charge in [0.25, 0.3) is 5.22 Å². The second-order valence-corrected chi connectivity index (χ2v) is 10.1. The lowest BCUT2D eigenvalue weighted by Crippen LogP contribution is -2.35. The van der Waals surface area contributed by atoms with Crippen LogP contribution in [0.3, 0.4) is 0 Å². The molecule has 9 heteroatoms. The maximum atomic E-state index is 12.9. The third kappa shape index (κ3) is 4.59. The van der Waals surface area contributed by atoms with Gasteiger partial charge in [-0.05, 0) is 50.3 Å². The van der Waals surface area contributed by atoms with Crippen molar-refractivity contribution >= 4 is 21.8 Å². The van der Waals surface area contributed by atoms with E-state index in [1.807, 2.05) is 0 Å². The van der Waals surface area contributed by atoms with E-state index in [4.69, 9.17) is 9.15 Å². The lowest BCUT2D eigenvalue weighted by molar-refractivity contribution is 0.0314. The predicted molar refractivity (Wildman–Crippen MR) is 107 cm³/mol. The summed E-state index contributed by atoms with van der Waals surface area (Å²) in [6, 6.07) is 6.76. The topological polar surface area (TPSA) is 85.5 Å². The standard InChI is InChI=1S/C19H25N3O4S2/c23-28(24,22-10-3-1-4-11-22)17-9-6-7-15(13-17)18-20-21-19(26-18)27-14-16-8-2-5-12-25-16/h6-7,9,13,16H,1-5,8,10-12,14H2/t16-/m1/s1. The monoisotopic (exact) mass is 423 g/mol. The van der Waals surface area contributed by atoms with Crippen LogP contribution in [0.1, 0.15) is 38.5 Å². The molecule has 28 heavy (non-hydrogen) atoms. The van der Waals surface area contributed by atoms with E-state index in [2.05, 4.69) is 10.2 Å². The minimum Gasteiger partial charge on any atom is -0.411 e. The van der Waals surface area contributed by atoms with Crippen LogP contribution >= 0.6 is 11.8 Å². The Morgan fingerprint density at radius 3 is 2.75 bits per heavy atom. The van der Waals surface area contributed by atoms with Crippen LogP contribution in [0.2, 0.25) is 0 Å². The summed E-state index contributed by atoms with van der Waals surface area (Å²) < 4.78 is 38.8. The van der Waals surface area contributed by atoms with E-state index in [0.717, 1.165) is 44.5 Å². The van der Waals surface area contributed by atoms with Crippen LogP contribution in [0.5, 0.6) is 0 Å². The van der Waals surface area contributed by atoms with Gasteiger partial charge in [0.1, 0.15) is 0 Å². The first-order chi connectivity index (χ1) is 13.6. The summed E-state index contributed by atoms with van der Waals surface area (Å²) >= 11 is 1.48. The molecule has 0 bridgehead atoms. The number of sulfonamides is 1. The number of hydrogen-bond donors (Lipinski definition) is 0. The van der Waals surface area contributed by atoms with Gasteiger partial charge in [-0.2, -0.15) is 4.31 Å². The Kier molecular flexibility index (Phi) is 6.35. The van der Waals surface area contributed by atoms with Crippen LogP contribution < -0.4 is 0 Å². The van der Waals surface area contributed by atoms with Crippen molar-refractivity contribution in [1.29, 1.82) is 0 Å². The van der Waals surface area contributed by atoms with Crippen molar-refractivity contribution < 1.29 is 17.6 Å². The molecule has 2 aliphatic rings. The zero-order valence-corrected chi connectivity index (χ0v) is 17.4. The number of rotatable bonds is 6. The molecule has 3 heterocycles. The summed E-state index contributed by atoms with van der Waals surface area (Å²) in [5.41, 5.74) is 0.617. The maximum absolute atomic E-state index is 12.9. The zero-order chi connectivity index (χ0) is 19.4. The van der Waals surface area contributed by atoms with Crippen LogP contribution in [0.25, 0.3) is 11.5 Å². The fourth-order valence-electron chi connectivity index (χ4n) is 3.53. The molecule has 1 aromatic carbocycles. The van der Waals surface area contributed by atoms with Gasteiger partial charge in [-0.3, -0.25) is 0 Å². The maximum Gasteiger partial charge on any atom is 0.276 e. The second kappa shape index (κ2) is 8.94. The highest BCUT2D eigenvalue weighted by atomic mass is 32.2. The van der Waals surface area contributed by atoms with E-state index in [1.54, 1.807) is 28.6 Å². The fourth-order valence-corrected chi connectivity index (χ4v) is 5.92. The summed E-state index contributed by atoms with van der Waals surface area (Å²) in [4.78, 5) is 0.273. The summed E-state index contributed by atoms with van der Waals surface area (Å²) in [5, 5.41) is 8.67. The van der Waals surface area contributed by atoms with Crippen molar-refractivity contribution in [2.24, 2.45) is 0 Å². The van der Waals surface area contributed by atoms with Crippen molar-refractivity contribution in [2.75, 3.05) is 25.4 Å². The minimum absolute atomic E-state index is 0.229. The molecule has 2 aliphatic heterocycles. The molecule has 0 spiro atoms. The molecule has 2 aromatic rings. The Hall–Kier alpha value is -1.42. The third-order valence-corrected chi connectivity index (χ3v) is 7.95. The SMILES string of the molecule is O=S(=O)(c1cccc(-c2nnc(SC[C@H]3CCCCO3)o2)c1)N1CCCCC1. The number of benzene rings is 1. The molecule has 4 rings (SSSR count). The summed E-state index contributed by atoms with van der Waals surface area (Å²) in [5.74, 6) is 1.12. The molecular formula is C19H25N3O4S2. The van der Waals surface area contributed by atoms with Gasteiger partial charge in [0, 0.05) is 31.0 Å². The van der Waals surface area contributed by atoms with Crippen molar-refractivity contribution in [3.05, 3.63) is 24.3 Å². The third-order valence-electron chi connectivity index (χ3n) is 5.11. The molecule has 0 unspecified atom stereocenters. The van der Waals surface area contributed by atoms with Crippen LogP contribution in [0.4, 0.5) is 0 Å². The van der Waals surface area contributed by atoms with Gasteiger partial charge in [0.2, 0.25) is 15.9 Å². The number of hydrogen-bond acceptors (Lipinski definition) is 7. The van der Waals surface area contributed by atoms with Gasteiger partial charge in [-0.25, -0.2) is 8.42 Å². The van der Waals surface area contributed by atoms with Crippen LogP contribution in [0, 0.1) is 0 Å². The van der Waals surface area contributed by atoms with E-state index in [1.165, 1.54) is 18.2 Å². The first-order valence-electron chi connectivity index (χ1n) is 9.81. The second-order valence-electron chi connectivity index (χ2n) is 7.17. The van der Waals surface area contributed by atoms with Crippen LogP contribution in [-0.4, -0.2) is 54.5 Å². The fraction of sp³-hybridized carbons (Fsp3) is 0.579. The summed E-state index contributed by atoms with van der Waals surface area (Å²) in [6.45, 7) is 1.98. The first kappa shape index (κ1) is 19.9. The van der Waals surface area contributed by atoms with Gasteiger partial charge >= 0.3 is 0 Å². The largest absolute Gasteiger partial charge is 0.411 e. The number of nitrogens with zero attached hydrogens (tertiary/aromatic N) is 3. The highest BCUT2D eigenvalue weighted by molar-refractivity contribution is 7.99. The smallest absolute Gasteiger partial charge is 0.276 e. The molecule has 2 saturated heterocycles. The van der Waals surface area contributed by atoms with Crippen LogP contribution in [0.15, 0.2) is 38.8 Å². The molecule has 0 radical (unpaired) electrons. The summed E-state index contributed by atoms with van der Waals surface area (Å²) in [6.07, 6.45) is 6.51. The van der Waals surface area contributed by atoms with E-state index in [0.29, 0.717) is 29.8 Å². The van der Waals surface area contributed by atoms with E-state index in [-0.39, 0.29) is 11.0 Å². The molecule has 7 nitrogen and oxygen atoms in total. The van der Waals surface area contributed by atoms with E-state index < -0.39 is 10.0 Å². The first-order valence-corrected chi connectivity index (χ1v) is 12.2. The van der Waals surface area contributed by atoms with E-state index >= 15 is 0 Å². The lowest BCUT2D eigenvalue weighted by atomic mass is 10.1. The molecular weight excluding hydrogens is 398 g/mol. The normalized spacial score (nSPS) is 21.6. The molecule has 0 N–H and O–H groups in total. The Morgan fingerprint density at radius 2 is 1.96 bits per heavy atom.